The second kappa shape index (κ2) is 21.5. The number of carbonyl (C=O) groups is 2. The van der Waals surface area contributed by atoms with E-state index in [0.29, 0.717) is 12.8 Å². The van der Waals surface area contributed by atoms with Crippen molar-refractivity contribution in [2.24, 2.45) is 11.8 Å². The number of nitrogens with one attached hydrogen (secondary N) is 2. The molecule has 4 rings (SSSR count). The number of allylic oxidation sites excluding steroid dienone is 8. The molecule has 41 heavy (non-hydrogen) atoms. The van der Waals surface area contributed by atoms with Gasteiger partial charge in [0.15, 0.2) is 0 Å². The van der Waals surface area contributed by atoms with Crippen molar-refractivity contribution in [2.45, 2.75) is 53.4 Å². The van der Waals surface area contributed by atoms with Crippen molar-refractivity contribution < 1.29 is 48.9 Å². The van der Waals surface area contributed by atoms with Crippen LogP contribution in [0.5, 0.6) is 0 Å². The number of benzene rings is 2. The molecule has 2 aliphatic rings. The molecule has 216 valence electrons. The first-order chi connectivity index (χ1) is 19.1. The van der Waals surface area contributed by atoms with Crippen LogP contribution in [-0.2, 0) is 31.3 Å². The van der Waals surface area contributed by atoms with Gasteiger partial charge in [-0.1, -0.05) is 27.7 Å². The first kappa shape index (κ1) is 37.8. The van der Waals surface area contributed by atoms with E-state index in [-0.39, 0.29) is 56.7 Å². The van der Waals surface area contributed by atoms with Crippen LogP contribution >= 0.6 is 0 Å². The molecule has 0 fully saturated rings. The van der Waals surface area contributed by atoms with Crippen LogP contribution in [0.25, 0.3) is 0 Å². The Bertz CT molecular complexity index is 1100. The molecule has 2 unspecified atom stereocenters. The third kappa shape index (κ3) is 16.0. The first-order valence-corrected chi connectivity index (χ1v) is 12.9. The van der Waals surface area contributed by atoms with Crippen LogP contribution < -0.4 is 10.6 Å². The largest absolute Gasteiger partial charge is 4.00 e. The molecule has 2 atom stereocenters. The average Bonchev–Trinajstić information content (AvgIpc) is 3.71. The van der Waals surface area contributed by atoms with Crippen molar-refractivity contribution in [3.63, 3.8) is 0 Å². The Morgan fingerprint density at radius 3 is 1.32 bits per heavy atom. The zero-order chi connectivity index (χ0) is 29.9. The number of rotatable bonds is 6. The average molecular weight is 602 g/mol. The molecule has 0 radical (unpaired) electrons. The standard InChI is InChI=1S/2C11H12F2NO.2C5H5.Ti/c2*1-3-7(2)11(15)14-10-5-4-8(12)6-9(10)13;2*1-2-4-5-3-1;/h2*4-5,7H,3H2,1-2H3,(H,14,15);2*1-3H,4H2;/q4*-1;+4. The Morgan fingerprint density at radius 1 is 0.732 bits per heavy atom. The van der Waals surface area contributed by atoms with Crippen molar-refractivity contribution in [2.75, 3.05) is 10.6 Å². The van der Waals surface area contributed by atoms with Gasteiger partial charge in [0.1, 0.15) is 0 Å². The van der Waals surface area contributed by atoms with Gasteiger partial charge in [-0.05, 0) is 24.2 Å². The Balaban J connectivity index is 0.000000573. The predicted molar refractivity (Wildman–Crippen MR) is 150 cm³/mol. The van der Waals surface area contributed by atoms with Gasteiger partial charge in [0, 0.05) is 35.1 Å². The van der Waals surface area contributed by atoms with Crippen LogP contribution in [0.3, 0.4) is 0 Å². The van der Waals surface area contributed by atoms with E-state index < -0.39 is 23.3 Å². The van der Waals surface area contributed by atoms with Crippen molar-refractivity contribution in [3.05, 3.63) is 108 Å². The second-order valence-electron chi connectivity index (χ2n) is 8.67. The third-order valence-corrected chi connectivity index (χ3v) is 5.53. The van der Waals surface area contributed by atoms with E-state index in [1.54, 1.807) is 13.8 Å². The van der Waals surface area contributed by atoms with E-state index in [2.05, 4.69) is 34.9 Å². The zero-order valence-electron chi connectivity index (χ0n) is 23.6. The molecular weight excluding hydrogens is 568 g/mol. The van der Waals surface area contributed by atoms with Gasteiger partial charge in [0.05, 0.1) is 0 Å². The van der Waals surface area contributed by atoms with Gasteiger partial charge in [-0.2, -0.15) is 12.2 Å². The summed E-state index contributed by atoms with van der Waals surface area (Å²) in [6.45, 7) is 7.19. The molecule has 0 heterocycles. The Kier molecular flexibility index (Phi) is 19.8. The van der Waals surface area contributed by atoms with Gasteiger partial charge in [-0.25, -0.2) is 41.9 Å². The molecule has 0 aromatic heterocycles. The maximum atomic E-state index is 13.1. The quantitative estimate of drug-likeness (QED) is 0.199. The van der Waals surface area contributed by atoms with Gasteiger partial charge in [-0.15, -0.1) is 49.2 Å². The summed E-state index contributed by atoms with van der Waals surface area (Å²) in [7, 11) is 0. The Hall–Kier alpha value is -3.23. The van der Waals surface area contributed by atoms with E-state index in [1.165, 1.54) is 12.1 Å². The fourth-order valence-electron chi connectivity index (χ4n) is 2.64. The van der Waals surface area contributed by atoms with Crippen LogP contribution in [0, 0.1) is 59.4 Å². The minimum Gasteiger partial charge on any atom is -0.376 e. The smallest absolute Gasteiger partial charge is 0.376 e. The second-order valence-corrected chi connectivity index (χ2v) is 8.67. The Labute approximate surface area is 255 Å². The number of amides is 2. The predicted octanol–water partition coefficient (Wildman–Crippen LogP) is 8.11. The molecular formula is C32H34F4N2O2Ti. The van der Waals surface area contributed by atoms with Crippen molar-refractivity contribution >= 4 is 23.2 Å². The topological polar surface area (TPSA) is 58.2 Å². The van der Waals surface area contributed by atoms with E-state index >= 15 is 0 Å². The molecule has 0 saturated carbocycles. The number of halogens is 4. The van der Waals surface area contributed by atoms with Crippen LogP contribution in [-0.4, -0.2) is 11.8 Å². The van der Waals surface area contributed by atoms with Crippen LogP contribution in [0.15, 0.2) is 60.7 Å². The van der Waals surface area contributed by atoms with Gasteiger partial charge < -0.3 is 10.6 Å². The van der Waals surface area contributed by atoms with Crippen LogP contribution in [0.1, 0.15) is 53.4 Å². The van der Waals surface area contributed by atoms with Crippen molar-refractivity contribution in [1.82, 2.24) is 0 Å². The molecule has 2 N–H and O–H groups in total. The zero-order valence-corrected chi connectivity index (χ0v) is 25.1. The van der Waals surface area contributed by atoms with Gasteiger partial charge in [0.2, 0.25) is 11.8 Å². The monoisotopic (exact) mass is 602 g/mol. The SMILES string of the molecule is CCC(C)C(=O)Nc1ccc(F)[c-]c1F.CCC(C)C(=O)Nc1ccc(F)[c-]c1F.[C-]1=CC=CC1.[C-]1=CC=CC1.[Ti+4]. The maximum absolute atomic E-state index is 13.1. The molecule has 0 spiro atoms. The minimum absolute atomic E-state index is 0. The molecule has 4 nitrogen and oxygen atoms in total. The molecule has 0 saturated heterocycles. The molecule has 2 amide bonds. The summed E-state index contributed by atoms with van der Waals surface area (Å²) in [6, 6.07) is 8.17. The van der Waals surface area contributed by atoms with Crippen LogP contribution in [0.4, 0.5) is 28.9 Å². The van der Waals surface area contributed by atoms with Crippen LogP contribution in [0.2, 0.25) is 0 Å². The fourth-order valence-corrected chi connectivity index (χ4v) is 2.64. The fraction of sp³-hybridized carbons (Fsp3) is 0.312. The van der Waals surface area contributed by atoms with Gasteiger partial charge in [0.25, 0.3) is 0 Å². The normalized spacial score (nSPS) is 13.3. The number of anilines is 2. The molecule has 9 heteroatoms. The van der Waals surface area contributed by atoms with E-state index in [0.717, 1.165) is 25.0 Å². The molecule has 2 aromatic carbocycles. The van der Waals surface area contributed by atoms with E-state index in [1.807, 2.05) is 50.3 Å². The molecule has 2 aliphatic carbocycles. The summed E-state index contributed by atoms with van der Waals surface area (Å²) in [5.41, 5.74) is -0.0802. The van der Waals surface area contributed by atoms with Crippen molar-refractivity contribution in [1.29, 1.82) is 0 Å². The van der Waals surface area contributed by atoms with E-state index in [4.69, 9.17) is 0 Å². The summed E-state index contributed by atoms with van der Waals surface area (Å²) in [4.78, 5) is 22.8. The van der Waals surface area contributed by atoms with Crippen molar-refractivity contribution in [3.8, 4) is 0 Å². The summed E-state index contributed by atoms with van der Waals surface area (Å²) >= 11 is 0. The summed E-state index contributed by atoms with van der Waals surface area (Å²) < 4.78 is 51.1. The molecule has 2 aromatic rings. The summed E-state index contributed by atoms with van der Waals surface area (Å²) in [5, 5.41) is 4.75. The maximum Gasteiger partial charge on any atom is 4.00 e. The number of carbonyl (C=O) groups excluding carboxylic acids is 2. The van der Waals surface area contributed by atoms with E-state index in [9.17, 15) is 27.2 Å². The summed E-state index contributed by atoms with van der Waals surface area (Å²) in [5.74, 6) is -4.29. The summed E-state index contributed by atoms with van der Waals surface area (Å²) in [6.07, 6.45) is 21.3. The van der Waals surface area contributed by atoms with Gasteiger partial charge >= 0.3 is 21.7 Å². The third-order valence-electron chi connectivity index (χ3n) is 5.53. The van der Waals surface area contributed by atoms with Gasteiger partial charge in [-0.3, -0.25) is 21.7 Å². The number of hydrogen-bond acceptors (Lipinski definition) is 2. The first-order valence-electron chi connectivity index (χ1n) is 12.9. The number of hydrogen-bond donors (Lipinski definition) is 2. The minimum atomic E-state index is -0.883. The Morgan fingerprint density at radius 2 is 1.10 bits per heavy atom. The molecule has 0 bridgehead atoms. The molecule has 0 aliphatic heterocycles.